The van der Waals surface area contributed by atoms with Gasteiger partial charge in [0, 0.05) is 31.9 Å². The summed E-state index contributed by atoms with van der Waals surface area (Å²) in [6, 6.07) is 0. The number of ether oxygens (including phenoxy) is 1. The third-order valence-corrected chi connectivity index (χ3v) is 1.70. The van der Waals surface area contributed by atoms with E-state index in [2.05, 4.69) is 10.4 Å². The second-order valence-corrected chi connectivity index (χ2v) is 2.66. The molecular weight excluding hydrogens is 142 g/mol. The van der Waals surface area contributed by atoms with Crippen molar-refractivity contribution in [3.8, 4) is 5.88 Å². The van der Waals surface area contributed by atoms with Gasteiger partial charge in [0.15, 0.2) is 0 Å². The van der Waals surface area contributed by atoms with Crippen molar-refractivity contribution >= 4 is 0 Å². The van der Waals surface area contributed by atoms with Crippen molar-refractivity contribution in [3.05, 3.63) is 11.8 Å². The zero-order valence-electron chi connectivity index (χ0n) is 6.50. The third kappa shape index (κ3) is 1.21. The van der Waals surface area contributed by atoms with Crippen LogP contribution in [0.3, 0.4) is 0 Å². The summed E-state index contributed by atoms with van der Waals surface area (Å²) >= 11 is 0. The van der Waals surface area contributed by atoms with Gasteiger partial charge in [0.25, 0.3) is 0 Å². The number of rotatable bonds is 0. The minimum Gasteiger partial charge on any atom is -0.475 e. The molecule has 1 aromatic rings. The van der Waals surface area contributed by atoms with E-state index in [4.69, 9.17) is 4.74 Å². The largest absolute Gasteiger partial charge is 0.475 e. The minimum atomic E-state index is 0.712. The van der Waals surface area contributed by atoms with E-state index in [0.717, 1.165) is 24.5 Å². The Morgan fingerprint density at radius 1 is 1.73 bits per heavy atom. The van der Waals surface area contributed by atoms with E-state index < -0.39 is 0 Å². The molecule has 60 valence electrons. The maximum absolute atomic E-state index is 5.37. The lowest BCUT2D eigenvalue weighted by Gasteiger charge is -1.96. The lowest BCUT2D eigenvalue weighted by molar-refractivity contribution is 0.310. The molecule has 0 saturated heterocycles. The third-order valence-electron chi connectivity index (χ3n) is 1.70. The molecule has 0 radical (unpaired) electrons. The predicted molar refractivity (Wildman–Crippen MR) is 40.4 cm³/mol. The summed E-state index contributed by atoms with van der Waals surface area (Å²) in [4.78, 5) is 0. The minimum absolute atomic E-state index is 0.712. The SMILES string of the molecule is Cn1cc2c(n1)OCCNC2. The summed E-state index contributed by atoms with van der Waals surface area (Å²) in [5, 5.41) is 7.40. The van der Waals surface area contributed by atoms with Crippen LogP contribution in [0.4, 0.5) is 0 Å². The van der Waals surface area contributed by atoms with Crippen molar-refractivity contribution in [2.24, 2.45) is 7.05 Å². The highest BCUT2D eigenvalue weighted by molar-refractivity contribution is 5.23. The van der Waals surface area contributed by atoms with Crippen molar-refractivity contribution in [2.75, 3.05) is 13.2 Å². The molecule has 1 aliphatic heterocycles. The monoisotopic (exact) mass is 153 g/mol. The molecule has 1 N–H and O–H groups in total. The van der Waals surface area contributed by atoms with Gasteiger partial charge in [0.2, 0.25) is 5.88 Å². The molecule has 0 aliphatic carbocycles. The lowest BCUT2D eigenvalue weighted by Crippen LogP contribution is -2.16. The Kier molecular flexibility index (Phi) is 1.54. The normalized spacial score (nSPS) is 16.8. The molecule has 4 nitrogen and oxygen atoms in total. The van der Waals surface area contributed by atoms with Crippen LogP contribution < -0.4 is 10.1 Å². The van der Waals surface area contributed by atoms with Crippen LogP contribution in [-0.4, -0.2) is 22.9 Å². The topological polar surface area (TPSA) is 39.1 Å². The second-order valence-electron chi connectivity index (χ2n) is 2.66. The van der Waals surface area contributed by atoms with Crippen LogP contribution in [0.15, 0.2) is 6.20 Å². The average molecular weight is 153 g/mol. The number of hydrogen-bond donors (Lipinski definition) is 1. The quantitative estimate of drug-likeness (QED) is 0.565. The first kappa shape index (κ1) is 6.67. The van der Waals surface area contributed by atoms with Crippen LogP contribution in [0.5, 0.6) is 5.88 Å². The van der Waals surface area contributed by atoms with Crippen molar-refractivity contribution in [1.29, 1.82) is 0 Å². The Morgan fingerprint density at radius 2 is 2.64 bits per heavy atom. The van der Waals surface area contributed by atoms with Gasteiger partial charge in [-0.05, 0) is 0 Å². The van der Waals surface area contributed by atoms with E-state index >= 15 is 0 Å². The van der Waals surface area contributed by atoms with E-state index in [1.54, 1.807) is 4.68 Å². The Hall–Kier alpha value is -1.03. The van der Waals surface area contributed by atoms with Crippen LogP contribution in [0.1, 0.15) is 5.56 Å². The van der Waals surface area contributed by atoms with E-state index in [1.165, 1.54) is 0 Å². The Morgan fingerprint density at radius 3 is 3.55 bits per heavy atom. The molecule has 0 atom stereocenters. The van der Waals surface area contributed by atoms with E-state index in [9.17, 15) is 0 Å². The summed E-state index contributed by atoms with van der Waals surface area (Å²) in [6.07, 6.45) is 1.98. The molecule has 0 bridgehead atoms. The van der Waals surface area contributed by atoms with Crippen molar-refractivity contribution in [2.45, 2.75) is 6.54 Å². The molecule has 2 rings (SSSR count). The highest BCUT2D eigenvalue weighted by atomic mass is 16.5. The summed E-state index contributed by atoms with van der Waals surface area (Å²) < 4.78 is 7.15. The average Bonchev–Trinajstić information content (AvgIpc) is 2.17. The van der Waals surface area contributed by atoms with Gasteiger partial charge in [0.05, 0.1) is 0 Å². The molecule has 0 amide bonds. The van der Waals surface area contributed by atoms with E-state index in [1.807, 2.05) is 13.2 Å². The zero-order chi connectivity index (χ0) is 7.68. The van der Waals surface area contributed by atoms with Crippen LogP contribution in [0.25, 0.3) is 0 Å². The highest BCUT2D eigenvalue weighted by Gasteiger charge is 2.10. The predicted octanol–water partition coefficient (Wildman–Crippen LogP) is -0.0979. The van der Waals surface area contributed by atoms with Crippen molar-refractivity contribution in [3.63, 3.8) is 0 Å². The number of aryl methyl sites for hydroxylation is 1. The maximum atomic E-state index is 5.37. The van der Waals surface area contributed by atoms with E-state index in [0.29, 0.717) is 6.61 Å². The van der Waals surface area contributed by atoms with Gasteiger partial charge in [-0.1, -0.05) is 0 Å². The Balaban J connectivity index is 2.32. The number of fused-ring (bicyclic) bond motifs is 1. The molecule has 0 aromatic carbocycles. The first-order chi connectivity index (χ1) is 5.36. The first-order valence-corrected chi connectivity index (χ1v) is 3.72. The maximum Gasteiger partial charge on any atom is 0.237 e. The van der Waals surface area contributed by atoms with Crippen LogP contribution in [-0.2, 0) is 13.6 Å². The molecule has 4 heteroatoms. The number of aromatic nitrogens is 2. The summed E-state index contributed by atoms with van der Waals surface area (Å²) in [5.41, 5.74) is 1.14. The fraction of sp³-hybridized carbons (Fsp3) is 0.571. The van der Waals surface area contributed by atoms with Gasteiger partial charge in [-0.15, -0.1) is 5.10 Å². The standard InChI is InChI=1S/C7H11N3O/c1-10-5-6-4-8-2-3-11-7(6)9-10/h5,8H,2-4H2,1H3. The zero-order valence-corrected chi connectivity index (χ0v) is 6.50. The summed E-state index contributed by atoms with van der Waals surface area (Å²) in [6.45, 7) is 2.48. The number of nitrogens with zero attached hydrogens (tertiary/aromatic N) is 2. The molecule has 1 aromatic heterocycles. The Labute approximate surface area is 65.2 Å². The van der Waals surface area contributed by atoms with Crippen LogP contribution in [0, 0.1) is 0 Å². The van der Waals surface area contributed by atoms with E-state index in [-0.39, 0.29) is 0 Å². The van der Waals surface area contributed by atoms with Gasteiger partial charge >= 0.3 is 0 Å². The van der Waals surface area contributed by atoms with Gasteiger partial charge in [-0.2, -0.15) is 0 Å². The lowest BCUT2D eigenvalue weighted by atomic mass is 10.3. The summed E-state index contributed by atoms with van der Waals surface area (Å²) in [7, 11) is 1.90. The van der Waals surface area contributed by atoms with Crippen molar-refractivity contribution < 1.29 is 4.74 Å². The number of hydrogen-bond acceptors (Lipinski definition) is 3. The molecule has 1 aliphatic rings. The van der Waals surface area contributed by atoms with Gasteiger partial charge in [0.1, 0.15) is 6.61 Å². The van der Waals surface area contributed by atoms with Crippen molar-refractivity contribution in [1.82, 2.24) is 15.1 Å². The summed E-state index contributed by atoms with van der Waals surface area (Å²) in [5.74, 6) is 0.775. The van der Waals surface area contributed by atoms with Crippen LogP contribution in [0.2, 0.25) is 0 Å². The van der Waals surface area contributed by atoms with Gasteiger partial charge in [-0.25, -0.2) is 0 Å². The fourth-order valence-electron chi connectivity index (χ4n) is 1.20. The highest BCUT2D eigenvalue weighted by Crippen LogP contribution is 2.16. The molecular formula is C7H11N3O. The molecule has 0 unspecified atom stereocenters. The Bertz CT molecular complexity index is 233. The molecule has 0 fully saturated rings. The van der Waals surface area contributed by atoms with Crippen LogP contribution >= 0.6 is 0 Å². The molecule has 0 saturated carbocycles. The smallest absolute Gasteiger partial charge is 0.237 e. The second kappa shape index (κ2) is 2.54. The molecule has 2 heterocycles. The fourth-order valence-corrected chi connectivity index (χ4v) is 1.20. The van der Waals surface area contributed by atoms with Gasteiger partial charge in [-0.3, -0.25) is 4.68 Å². The molecule has 0 spiro atoms. The molecule has 11 heavy (non-hydrogen) atoms. The van der Waals surface area contributed by atoms with Gasteiger partial charge < -0.3 is 10.1 Å². The first-order valence-electron chi connectivity index (χ1n) is 3.72. The number of nitrogens with one attached hydrogen (secondary N) is 1.